The summed E-state index contributed by atoms with van der Waals surface area (Å²) in [6, 6.07) is 19.0. The van der Waals surface area contributed by atoms with Gasteiger partial charge in [-0.25, -0.2) is 0 Å². The van der Waals surface area contributed by atoms with Crippen molar-refractivity contribution in [1.29, 1.82) is 0 Å². The molecule has 6 nitrogen and oxygen atoms in total. The van der Waals surface area contributed by atoms with E-state index in [1.54, 1.807) is 0 Å². The van der Waals surface area contributed by atoms with Gasteiger partial charge in [0.2, 0.25) is 0 Å². The molecule has 4 heterocycles. The fourth-order valence-corrected chi connectivity index (χ4v) is 6.39. The van der Waals surface area contributed by atoms with Crippen LogP contribution in [-0.2, 0) is 0 Å². The molecule has 4 saturated heterocycles. The largest absolute Gasteiger partial charge is 0.345 e. The number of benzene rings is 2. The molecule has 2 aromatic rings. The highest BCUT2D eigenvalue weighted by molar-refractivity contribution is 5.50. The van der Waals surface area contributed by atoms with Crippen LogP contribution in [0.5, 0.6) is 0 Å². The Morgan fingerprint density at radius 3 is 1.47 bits per heavy atom. The van der Waals surface area contributed by atoms with Crippen molar-refractivity contribution in [3.63, 3.8) is 0 Å². The van der Waals surface area contributed by atoms with E-state index in [-0.39, 0.29) is 0 Å². The quantitative estimate of drug-likeness (QED) is 0.721. The third-order valence-electron chi connectivity index (χ3n) is 7.93. The molecule has 6 rings (SSSR count). The van der Waals surface area contributed by atoms with Gasteiger partial charge < -0.3 is 9.80 Å². The van der Waals surface area contributed by atoms with Gasteiger partial charge in [0.05, 0.1) is 39.0 Å². The second kappa shape index (κ2) is 7.73. The normalized spacial score (nSPS) is 31.6. The summed E-state index contributed by atoms with van der Waals surface area (Å²) in [4.78, 5) is 16.1. The number of nitrogens with zero attached hydrogens (tertiary/aromatic N) is 6. The molecule has 0 aromatic heterocycles. The molecule has 4 unspecified atom stereocenters. The van der Waals surface area contributed by atoms with Crippen LogP contribution in [0.2, 0.25) is 0 Å². The summed E-state index contributed by atoms with van der Waals surface area (Å²) in [5, 5.41) is 0. The molecule has 0 aliphatic carbocycles. The maximum absolute atomic E-state index is 2.76. The summed E-state index contributed by atoms with van der Waals surface area (Å²) < 4.78 is 0. The third kappa shape index (κ3) is 3.32. The summed E-state index contributed by atoms with van der Waals surface area (Å²) >= 11 is 0. The second-order valence-corrected chi connectivity index (χ2v) is 10.4. The first-order chi connectivity index (χ1) is 15.5. The van der Waals surface area contributed by atoms with Gasteiger partial charge in [-0.3, -0.25) is 19.6 Å². The Labute approximate surface area is 192 Å². The number of anilines is 2. The molecule has 0 spiro atoms. The van der Waals surface area contributed by atoms with Crippen LogP contribution >= 0.6 is 0 Å². The minimum absolute atomic E-state index is 0.468. The SMILES string of the molecule is Cc1cccc(N2CN3CC(C)N4CN(c5cccc(C)c5)CN5CC(C)N(C2)C3C54)c1. The number of rotatable bonds is 2. The van der Waals surface area contributed by atoms with Crippen molar-refractivity contribution in [2.24, 2.45) is 0 Å². The maximum Gasteiger partial charge on any atom is 0.0953 e. The summed E-state index contributed by atoms with van der Waals surface area (Å²) in [5.74, 6) is 0. The Balaban J connectivity index is 1.30. The third-order valence-corrected chi connectivity index (χ3v) is 7.93. The predicted molar refractivity (Wildman–Crippen MR) is 130 cm³/mol. The van der Waals surface area contributed by atoms with Crippen LogP contribution in [0.15, 0.2) is 48.5 Å². The van der Waals surface area contributed by atoms with Crippen LogP contribution in [0.4, 0.5) is 11.4 Å². The Kier molecular flexibility index (Phi) is 4.95. The van der Waals surface area contributed by atoms with Crippen molar-refractivity contribution in [1.82, 2.24) is 19.6 Å². The van der Waals surface area contributed by atoms with E-state index < -0.39 is 0 Å². The maximum atomic E-state index is 2.76. The predicted octanol–water partition coefficient (Wildman–Crippen LogP) is 3.14. The van der Waals surface area contributed by atoms with Crippen molar-refractivity contribution in [2.45, 2.75) is 52.1 Å². The van der Waals surface area contributed by atoms with E-state index in [0.29, 0.717) is 24.4 Å². The van der Waals surface area contributed by atoms with Gasteiger partial charge in [0.25, 0.3) is 0 Å². The van der Waals surface area contributed by atoms with Crippen LogP contribution in [-0.4, -0.2) is 83.8 Å². The number of hydrogen-bond acceptors (Lipinski definition) is 6. The summed E-state index contributed by atoms with van der Waals surface area (Å²) in [5.41, 5.74) is 5.37. The lowest BCUT2D eigenvalue weighted by Crippen LogP contribution is -2.84. The molecule has 4 aliphatic rings. The van der Waals surface area contributed by atoms with Crippen LogP contribution in [0.1, 0.15) is 25.0 Å². The van der Waals surface area contributed by atoms with Crippen LogP contribution in [0.3, 0.4) is 0 Å². The summed E-state index contributed by atoms with van der Waals surface area (Å²) in [6.07, 6.45) is 0.936. The van der Waals surface area contributed by atoms with Crippen molar-refractivity contribution in [2.75, 3.05) is 49.6 Å². The van der Waals surface area contributed by atoms with Crippen molar-refractivity contribution >= 4 is 11.4 Å². The van der Waals surface area contributed by atoms with E-state index >= 15 is 0 Å². The Morgan fingerprint density at radius 1 is 0.625 bits per heavy atom. The van der Waals surface area contributed by atoms with Gasteiger partial charge in [0.1, 0.15) is 0 Å². The van der Waals surface area contributed by atoms with E-state index in [1.165, 1.54) is 22.5 Å². The van der Waals surface area contributed by atoms with Gasteiger partial charge in [-0.1, -0.05) is 24.3 Å². The molecule has 4 atom stereocenters. The highest BCUT2D eigenvalue weighted by atomic mass is 15.7. The molecule has 170 valence electrons. The van der Waals surface area contributed by atoms with Crippen molar-refractivity contribution in [3.05, 3.63) is 59.7 Å². The topological polar surface area (TPSA) is 19.4 Å². The average Bonchev–Trinajstić information content (AvgIpc) is 2.78. The Bertz CT molecular complexity index is 914. The first-order valence-electron chi connectivity index (χ1n) is 12.1. The number of piperazine rings is 2. The molecule has 0 radical (unpaired) electrons. The zero-order valence-corrected chi connectivity index (χ0v) is 19.9. The monoisotopic (exact) mass is 432 g/mol. The van der Waals surface area contributed by atoms with E-state index in [0.717, 1.165) is 39.8 Å². The average molecular weight is 433 g/mol. The Hall–Kier alpha value is -2.12. The Morgan fingerprint density at radius 2 is 1.06 bits per heavy atom. The first kappa shape index (κ1) is 20.5. The van der Waals surface area contributed by atoms with E-state index in [4.69, 9.17) is 0 Å². The van der Waals surface area contributed by atoms with Gasteiger partial charge in [-0.15, -0.1) is 0 Å². The first-order valence-corrected chi connectivity index (χ1v) is 12.1. The molecular formula is C26H36N6. The van der Waals surface area contributed by atoms with Crippen LogP contribution in [0.25, 0.3) is 0 Å². The van der Waals surface area contributed by atoms with Crippen molar-refractivity contribution < 1.29 is 0 Å². The molecule has 6 heteroatoms. The van der Waals surface area contributed by atoms with Crippen LogP contribution in [0, 0.1) is 13.8 Å². The second-order valence-electron chi connectivity index (χ2n) is 10.4. The fraction of sp³-hybridized carbons (Fsp3) is 0.538. The molecule has 0 N–H and O–H groups in total. The zero-order valence-electron chi connectivity index (χ0n) is 19.9. The molecule has 0 bridgehead atoms. The lowest BCUT2D eigenvalue weighted by molar-refractivity contribution is -0.207. The highest BCUT2D eigenvalue weighted by Crippen LogP contribution is 2.38. The summed E-state index contributed by atoms with van der Waals surface area (Å²) in [6.45, 7) is 15.5. The van der Waals surface area contributed by atoms with Gasteiger partial charge in [-0.05, 0) is 63.1 Å². The lowest BCUT2D eigenvalue weighted by atomic mass is 9.99. The number of hydrogen-bond donors (Lipinski definition) is 0. The van der Waals surface area contributed by atoms with Crippen molar-refractivity contribution in [3.8, 4) is 0 Å². The fourth-order valence-electron chi connectivity index (χ4n) is 6.39. The molecule has 2 aromatic carbocycles. The molecule has 0 saturated carbocycles. The van der Waals surface area contributed by atoms with Gasteiger partial charge in [-0.2, -0.15) is 0 Å². The minimum Gasteiger partial charge on any atom is -0.345 e. The van der Waals surface area contributed by atoms with E-state index in [9.17, 15) is 0 Å². The molecule has 4 aliphatic heterocycles. The van der Waals surface area contributed by atoms with E-state index in [1.807, 2.05) is 0 Å². The summed E-state index contributed by atoms with van der Waals surface area (Å²) in [7, 11) is 0. The molecule has 4 fully saturated rings. The number of aryl methyl sites for hydroxylation is 2. The van der Waals surface area contributed by atoms with Crippen LogP contribution < -0.4 is 9.80 Å². The zero-order chi connectivity index (χ0) is 22.0. The van der Waals surface area contributed by atoms with Gasteiger partial charge in [0.15, 0.2) is 0 Å². The smallest absolute Gasteiger partial charge is 0.0953 e. The standard InChI is InChI=1S/C26H36N6/c1-19-7-5-9-23(11-19)29-15-27-13-22(4)32-18-30(24-10-6-8-20(2)12-24)16-28-14-21(3)31(17-29)25(27)26(28)32/h5-12,21-22,25-26H,13-18H2,1-4H3. The van der Waals surface area contributed by atoms with Gasteiger partial charge >= 0.3 is 0 Å². The van der Waals surface area contributed by atoms with Gasteiger partial charge in [0, 0.05) is 36.5 Å². The highest BCUT2D eigenvalue weighted by Gasteiger charge is 2.54. The molecular weight excluding hydrogens is 396 g/mol. The van der Waals surface area contributed by atoms with E-state index in [2.05, 4.69) is 106 Å². The minimum atomic E-state index is 0.468. The molecule has 32 heavy (non-hydrogen) atoms. The lowest BCUT2D eigenvalue weighted by Gasteiger charge is -2.67. The molecule has 0 amide bonds.